The van der Waals surface area contributed by atoms with Gasteiger partial charge in [-0.25, -0.2) is 0 Å². The molecule has 4 rings (SSSR count). The normalized spacial score (nSPS) is 15.3. The molecule has 176 valence electrons. The molecule has 0 saturated heterocycles. The monoisotopic (exact) mass is 449 g/mol. The minimum atomic E-state index is -0.219. The number of aryl methyl sites for hydroxylation is 3. The molecule has 0 unspecified atom stereocenters. The molecule has 0 fully saturated rings. The molecule has 2 aromatic heterocycles. The fraction of sp³-hybridized carbons (Fsp3) is 0.500. The molecule has 1 aromatic carbocycles. The SMILES string of the molecule is Cc1cc(C)c(CN2CCc3nnc([C@@H](CC(C)C)NC(=O)c4ccco4)n3CC2)cc1C. The van der Waals surface area contributed by atoms with Crippen molar-refractivity contribution in [2.75, 3.05) is 13.1 Å². The van der Waals surface area contributed by atoms with Gasteiger partial charge >= 0.3 is 0 Å². The Labute approximate surface area is 196 Å². The molecular weight excluding hydrogens is 414 g/mol. The quantitative estimate of drug-likeness (QED) is 0.580. The molecule has 1 N–H and O–H groups in total. The van der Waals surface area contributed by atoms with Crippen LogP contribution in [0.5, 0.6) is 0 Å². The minimum absolute atomic E-state index is 0.211. The van der Waals surface area contributed by atoms with E-state index in [1.165, 1.54) is 28.5 Å². The van der Waals surface area contributed by atoms with E-state index < -0.39 is 0 Å². The number of carbonyl (C=O) groups is 1. The van der Waals surface area contributed by atoms with Gasteiger partial charge in [0.15, 0.2) is 11.6 Å². The van der Waals surface area contributed by atoms with Crippen molar-refractivity contribution in [1.82, 2.24) is 25.0 Å². The van der Waals surface area contributed by atoms with E-state index >= 15 is 0 Å². The van der Waals surface area contributed by atoms with E-state index in [2.05, 4.69) is 71.7 Å². The van der Waals surface area contributed by atoms with E-state index in [-0.39, 0.29) is 11.9 Å². The second kappa shape index (κ2) is 9.91. The lowest BCUT2D eigenvalue weighted by atomic mass is 10.0. The smallest absolute Gasteiger partial charge is 0.287 e. The molecule has 0 radical (unpaired) electrons. The van der Waals surface area contributed by atoms with Crippen LogP contribution in [0.3, 0.4) is 0 Å². The van der Waals surface area contributed by atoms with E-state index in [1.807, 2.05) is 0 Å². The average molecular weight is 450 g/mol. The predicted molar refractivity (Wildman–Crippen MR) is 128 cm³/mol. The van der Waals surface area contributed by atoms with Gasteiger partial charge in [0.25, 0.3) is 5.91 Å². The van der Waals surface area contributed by atoms with Gasteiger partial charge in [-0.15, -0.1) is 10.2 Å². The summed E-state index contributed by atoms with van der Waals surface area (Å²) in [5, 5.41) is 12.2. The van der Waals surface area contributed by atoms with Gasteiger partial charge in [-0.1, -0.05) is 26.0 Å². The molecule has 1 amide bonds. The first-order valence-corrected chi connectivity index (χ1v) is 11.9. The number of fused-ring (bicyclic) bond motifs is 1. The Morgan fingerprint density at radius 1 is 1.09 bits per heavy atom. The average Bonchev–Trinajstić information content (AvgIpc) is 3.39. The summed E-state index contributed by atoms with van der Waals surface area (Å²) in [4.78, 5) is 15.2. The molecule has 1 aliphatic rings. The fourth-order valence-corrected chi connectivity index (χ4v) is 4.57. The highest BCUT2D eigenvalue weighted by Gasteiger charge is 2.27. The zero-order valence-corrected chi connectivity index (χ0v) is 20.4. The Hall–Kier alpha value is -2.93. The molecule has 0 bridgehead atoms. The lowest BCUT2D eigenvalue weighted by Crippen LogP contribution is -2.32. The summed E-state index contributed by atoms with van der Waals surface area (Å²) in [5.41, 5.74) is 5.42. The summed E-state index contributed by atoms with van der Waals surface area (Å²) in [6.07, 6.45) is 3.15. The summed E-state index contributed by atoms with van der Waals surface area (Å²) in [6, 6.07) is 7.80. The van der Waals surface area contributed by atoms with Gasteiger partial charge < -0.3 is 14.3 Å². The highest BCUT2D eigenvalue weighted by molar-refractivity contribution is 5.91. The number of benzene rings is 1. The molecule has 3 aromatic rings. The van der Waals surface area contributed by atoms with E-state index in [0.717, 1.165) is 50.7 Å². The second-order valence-corrected chi connectivity index (χ2v) is 9.65. The van der Waals surface area contributed by atoms with Crippen molar-refractivity contribution in [2.45, 2.75) is 66.6 Å². The Kier molecular flexibility index (Phi) is 6.98. The van der Waals surface area contributed by atoms with Crippen molar-refractivity contribution in [3.05, 3.63) is 70.2 Å². The van der Waals surface area contributed by atoms with Gasteiger partial charge in [0, 0.05) is 32.6 Å². The number of amides is 1. The molecule has 1 atom stereocenters. The Morgan fingerprint density at radius 3 is 2.61 bits per heavy atom. The number of nitrogens with zero attached hydrogens (tertiary/aromatic N) is 4. The maximum Gasteiger partial charge on any atom is 0.287 e. The summed E-state index contributed by atoms with van der Waals surface area (Å²) < 4.78 is 7.50. The largest absolute Gasteiger partial charge is 0.459 e. The minimum Gasteiger partial charge on any atom is -0.459 e. The summed E-state index contributed by atoms with van der Waals surface area (Å²) in [5.74, 6) is 2.32. The van der Waals surface area contributed by atoms with Gasteiger partial charge in [0.1, 0.15) is 5.82 Å². The van der Waals surface area contributed by atoms with Gasteiger partial charge in [0.2, 0.25) is 0 Å². The van der Waals surface area contributed by atoms with Crippen LogP contribution in [0.2, 0.25) is 0 Å². The molecule has 0 saturated carbocycles. The van der Waals surface area contributed by atoms with Gasteiger partial charge in [0.05, 0.1) is 12.3 Å². The predicted octanol–water partition coefficient (Wildman–Crippen LogP) is 4.37. The molecule has 0 aliphatic carbocycles. The molecule has 3 heterocycles. The molecular formula is C26H35N5O2. The second-order valence-electron chi connectivity index (χ2n) is 9.65. The van der Waals surface area contributed by atoms with Crippen LogP contribution >= 0.6 is 0 Å². The lowest BCUT2D eigenvalue weighted by Gasteiger charge is -2.23. The van der Waals surface area contributed by atoms with E-state index in [0.29, 0.717) is 11.7 Å². The summed E-state index contributed by atoms with van der Waals surface area (Å²) in [7, 11) is 0. The van der Waals surface area contributed by atoms with Gasteiger partial charge in [-0.3, -0.25) is 9.69 Å². The molecule has 7 nitrogen and oxygen atoms in total. The van der Waals surface area contributed by atoms with Crippen LogP contribution in [0.25, 0.3) is 0 Å². The van der Waals surface area contributed by atoms with Crippen LogP contribution in [-0.4, -0.2) is 38.7 Å². The van der Waals surface area contributed by atoms with Crippen molar-refractivity contribution in [2.24, 2.45) is 5.92 Å². The van der Waals surface area contributed by atoms with Crippen LogP contribution in [0, 0.1) is 26.7 Å². The number of rotatable bonds is 7. The third-order valence-electron chi connectivity index (χ3n) is 6.56. The molecule has 7 heteroatoms. The first-order valence-electron chi connectivity index (χ1n) is 11.9. The number of aromatic nitrogens is 3. The van der Waals surface area contributed by atoms with Crippen LogP contribution in [0.15, 0.2) is 34.9 Å². The van der Waals surface area contributed by atoms with Crippen molar-refractivity contribution in [3.8, 4) is 0 Å². The highest BCUT2D eigenvalue weighted by atomic mass is 16.3. The molecule has 33 heavy (non-hydrogen) atoms. The Balaban J connectivity index is 1.50. The number of hydrogen-bond donors (Lipinski definition) is 1. The third-order valence-corrected chi connectivity index (χ3v) is 6.56. The maximum atomic E-state index is 12.7. The summed E-state index contributed by atoms with van der Waals surface area (Å²) >= 11 is 0. The first-order chi connectivity index (χ1) is 15.8. The lowest BCUT2D eigenvalue weighted by molar-refractivity contribution is 0.0900. The van der Waals surface area contributed by atoms with Crippen molar-refractivity contribution in [1.29, 1.82) is 0 Å². The maximum absolute atomic E-state index is 12.7. The standard InChI is InChI=1S/C26H35N5O2/c1-17(2)13-22(27-26(32)23-7-6-12-33-23)25-29-28-24-8-9-30(10-11-31(24)25)16-21-15-19(4)18(3)14-20(21)5/h6-7,12,14-15,17,22H,8-11,13,16H2,1-5H3,(H,27,32)/t22-/m1/s1. The number of nitrogens with one attached hydrogen (secondary N) is 1. The fourth-order valence-electron chi connectivity index (χ4n) is 4.57. The number of furan rings is 1. The zero-order valence-electron chi connectivity index (χ0n) is 20.4. The van der Waals surface area contributed by atoms with Crippen LogP contribution < -0.4 is 5.32 Å². The molecule has 0 spiro atoms. The van der Waals surface area contributed by atoms with Crippen molar-refractivity contribution < 1.29 is 9.21 Å². The Morgan fingerprint density at radius 2 is 1.88 bits per heavy atom. The highest BCUT2D eigenvalue weighted by Crippen LogP contribution is 2.24. The third kappa shape index (κ3) is 5.36. The number of carbonyl (C=O) groups excluding carboxylic acids is 1. The van der Waals surface area contributed by atoms with E-state index in [9.17, 15) is 4.79 Å². The first kappa shape index (κ1) is 23.2. The zero-order chi connectivity index (χ0) is 23.5. The summed E-state index contributed by atoms with van der Waals surface area (Å²) in [6.45, 7) is 14.5. The van der Waals surface area contributed by atoms with E-state index in [4.69, 9.17) is 4.42 Å². The van der Waals surface area contributed by atoms with Crippen molar-refractivity contribution in [3.63, 3.8) is 0 Å². The topological polar surface area (TPSA) is 76.2 Å². The number of hydrogen-bond acceptors (Lipinski definition) is 5. The molecule has 1 aliphatic heterocycles. The van der Waals surface area contributed by atoms with Gasteiger partial charge in [-0.2, -0.15) is 0 Å². The van der Waals surface area contributed by atoms with Gasteiger partial charge in [-0.05, 0) is 67.5 Å². The van der Waals surface area contributed by atoms with Crippen LogP contribution in [0.4, 0.5) is 0 Å². The van der Waals surface area contributed by atoms with Crippen LogP contribution in [-0.2, 0) is 19.5 Å². The van der Waals surface area contributed by atoms with Crippen molar-refractivity contribution >= 4 is 5.91 Å². The van der Waals surface area contributed by atoms with E-state index in [1.54, 1.807) is 12.1 Å². The Bertz CT molecular complexity index is 1100. The van der Waals surface area contributed by atoms with Crippen LogP contribution in [0.1, 0.15) is 70.8 Å².